The molecule has 4 heteroatoms. The van der Waals surface area contributed by atoms with E-state index in [0.717, 1.165) is 39.1 Å². The molecule has 0 aromatic carbocycles. The molecule has 1 aromatic rings. The molecule has 0 amide bonds. The number of rotatable bonds is 9. The van der Waals surface area contributed by atoms with Crippen LogP contribution in [0.2, 0.25) is 0 Å². The summed E-state index contributed by atoms with van der Waals surface area (Å²) < 4.78 is 1.98. The summed E-state index contributed by atoms with van der Waals surface area (Å²) in [6.45, 7) is 9.36. The molecule has 0 aliphatic rings. The number of hydrogen-bond donors (Lipinski definition) is 1. The first kappa shape index (κ1) is 14.2. The molecule has 0 fully saturated rings. The highest BCUT2D eigenvalue weighted by Gasteiger charge is 2.05. The Kier molecular flexibility index (Phi) is 6.89. The van der Waals surface area contributed by atoms with E-state index >= 15 is 0 Å². The maximum atomic E-state index is 5.49. The van der Waals surface area contributed by atoms with Gasteiger partial charge in [-0.25, -0.2) is 0 Å². The van der Waals surface area contributed by atoms with Gasteiger partial charge in [-0.2, -0.15) is 5.10 Å². The minimum Gasteiger partial charge on any atom is -0.330 e. The first-order valence-electron chi connectivity index (χ1n) is 6.73. The Balaban J connectivity index is 2.30. The molecule has 0 aliphatic heterocycles. The van der Waals surface area contributed by atoms with Crippen LogP contribution in [0.15, 0.2) is 12.4 Å². The average Bonchev–Trinajstić information content (AvgIpc) is 2.80. The van der Waals surface area contributed by atoms with E-state index in [1.807, 2.05) is 10.9 Å². The molecule has 2 N–H and O–H groups in total. The van der Waals surface area contributed by atoms with E-state index in [0.29, 0.717) is 0 Å². The van der Waals surface area contributed by atoms with E-state index in [9.17, 15) is 0 Å². The molecule has 0 spiro atoms. The van der Waals surface area contributed by atoms with Crippen molar-refractivity contribution in [2.45, 2.75) is 46.2 Å². The molecule has 0 bridgehead atoms. The van der Waals surface area contributed by atoms with Gasteiger partial charge in [-0.1, -0.05) is 13.3 Å². The minimum absolute atomic E-state index is 0.815. The van der Waals surface area contributed by atoms with E-state index < -0.39 is 0 Å². The van der Waals surface area contributed by atoms with Crippen molar-refractivity contribution in [2.24, 2.45) is 5.73 Å². The molecule has 0 saturated carbocycles. The number of unbranched alkanes of at least 4 members (excludes halogenated alkanes) is 2. The maximum absolute atomic E-state index is 5.49. The van der Waals surface area contributed by atoms with Crippen LogP contribution in [-0.4, -0.2) is 34.3 Å². The summed E-state index contributed by atoms with van der Waals surface area (Å²) in [6.07, 6.45) is 7.74. The van der Waals surface area contributed by atoms with Gasteiger partial charge >= 0.3 is 0 Å². The molecular formula is C13H26N4. The highest BCUT2D eigenvalue weighted by molar-refractivity contribution is 5.03. The first-order chi connectivity index (χ1) is 8.30. The van der Waals surface area contributed by atoms with Crippen molar-refractivity contribution < 1.29 is 0 Å². The van der Waals surface area contributed by atoms with Crippen LogP contribution >= 0.6 is 0 Å². The molecule has 17 heavy (non-hydrogen) atoms. The van der Waals surface area contributed by atoms with Crippen LogP contribution in [0.3, 0.4) is 0 Å². The molecule has 0 radical (unpaired) electrons. The fourth-order valence-corrected chi connectivity index (χ4v) is 1.92. The summed E-state index contributed by atoms with van der Waals surface area (Å²) >= 11 is 0. The molecule has 0 unspecified atom stereocenters. The lowest BCUT2D eigenvalue weighted by Gasteiger charge is -2.19. The monoisotopic (exact) mass is 238 g/mol. The lowest BCUT2D eigenvalue weighted by molar-refractivity contribution is 0.273. The second kappa shape index (κ2) is 8.25. The minimum atomic E-state index is 0.815. The standard InChI is InChI=1S/C13H26N4/c1-3-16(9-7-5-6-8-14)11-13-10-15-17(4-2)12-13/h10,12H,3-9,11,14H2,1-2H3. The SMILES string of the molecule is CCN(CCCCCN)Cc1cnn(CC)c1. The van der Waals surface area contributed by atoms with Gasteiger partial charge in [-0.3, -0.25) is 9.58 Å². The van der Waals surface area contributed by atoms with Crippen LogP contribution in [-0.2, 0) is 13.1 Å². The quantitative estimate of drug-likeness (QED) is 0.668. The van der Waals surface area contributed by atoms with Gasteiger partial charge in [0, 0.05) is 24.8 Å². The number of nitrogens with two attached hydrogens (primary N) is 1. The third-order valence-corrected chi connectivity index (χ3v) is 3.04. The summed E-state index contributed by atoms with van der Waals surface area (Å²) in [7, 11) is 0. The lowest BCUT2D eigenvalue weighted by Crippen LogP contribution is -2.24. The van der Waals surface area contributed by atoms with Crippen molar-refractivity contribution in [1.29, 1.82) is 0 Å². The summed E-state index contributed by atoms with van der Waals surface area (Å²) in [6, 6.07) is 0. The molecule has 1 aromatic heterocycles. The van der Waals surface area contributed by atoms with Crippen LogP contribution in [0.4, 0.5) is 0 Å². The van der Waals surface area contributed by atoms with Crippen molar-refractivity contribution in [1.82, 2.24) is 14.7 Å². The number of aromatic nitrogens is 2. The summed E-state index contributed by atoms with van der Waals surface area (Å²) in [4.78, 5) is 2.47. The van der Waals surface area contributed by atoms with Gasteiger partial charge in [-0.05, 0) is 39.4 Å². The Morgan fingerprint density at radius 2 is 2.12 bits per heavy atom. The van der Waals surface area contributed by atoms with Crippen molar-refractivity contribution in [3.8, 4) is 0 Å². The van der Waals surface area contributed by atoms with E-state index in [1.54, 1.807) is 0 Å². The Labute approximate surface area is 105 Å². The first-order valence-corrected chi connectivity index (χ1v) is 6.73. The topological polar surface area (TPSA) is 47.1 Å². The van der Waals surface area contributed by atoms with E-state index in [2.05, 4.69) is 30.0 Å². The third-order valence-electron chi connectivity index (χ3n) is 3.04. The second-order valence-electron chi connectivity index (χ2n) is 4.42. The van der Waals surface area contributed by atoms with Gasteiger partial charge in [0.05, 0.1) is 6.20 Å². The molecule has 1 heterocycles. The van der Waals surface area contributed by atoms with E-state index in [1.165, 1.54) is 18.4 Å². The summed E-state index contributed by atoms with van der Waals surface area (Å²) in [5.74, 6) is 0. The zero-order valence-electron chi connectivity index (χ0n) is 11.2. The van der Waals surface area contributed by atoms with Crippen LogP contribution < -0.4 is 5.73 Å². The Morgan fingerprint density at radius 3 is 2.71 bits per heavy atom. The van der Waals surface area contributed by atoms with Gasteiger partial charge in [0.1, 0.15) is 0 Å². The van der Waals surface area contributed by atoms with Gasteiger partial charge in [0.2, 0.25) is 0 Å². The molecule has 4 nitrogen and oxygen atoms in total. The fourth-order valence-electron chi connectivity index (χ4n) is 1.92. The normalized spacial score (nSPS) is 11.3. The predicted octanol–water partition coefficient (Wildman–Crippen LogP) is 1.85. The maximum Gasteiger partial charge on any atom is 0.0534 e. The van der Waals surface area contributed by atoms with Crippen LogP contribution in [0.25, 0.3) is 0 Å². The summed E-state index contributed by atoms with van der Waals surface area (Å²) in [5.41, 5.74) is 6.81. The zero-order valence-corrected chi connectivity index (χ0v) is 11.2. The van der Waals surface area contributed by atoms with Gasteiger partial charge in [0.15, 0.2) is 0 Å². The fraction of sp³-hybridized carbons (Fsp3) is 0.769. The van der Waals surface area contributed by atoms with Crippen LogP contribution in [0.5, 0.6) is 0 Å². The molecule has 0 saturated heterocycles. The Bertz CT molecular complexity index is 295. The number of hydrogen-bond acceptors (Lipinski definition) is 3. The van der Waals surface area contributed by atoms with E-state index in [4.69, 9.17) is 5.73 Å². The highest BCUT2D eigenvalue weighted by Crippen LogP contribution is 2.05. The van der Waals surface area contributed by atoms with Gasteiger partial charge in [-0.15, -0.1) is 0 Å². The summed E-state index contributed by atoms with van der Waals surface area (Å²) in [5, 5.41) is 4.31. The van der Waals surface area contributed by atoms with Crippen molar-refractivity contribution in [3.63, 3.8) is 0 Å². The highest BCUT2D eigenvalue weighted by atomic mass is 15.3. The molecule has 98 valence electrons. The van der Waals surface area contributed by atoms with Gasteiger partial charge in [0.25, 0.3) is 0 Å². The largest absolute Gasteiger partial charge is 0.330 e. The van der Waals surface area contributed by atoms with E-state index in [-0.39, 0.29) is 0 Å². The van der Waals surface area contributed by atoms with Crippen LogP contribution in [0.1, 0.15) is 38.7 Å². The smallest absolute Gasteiger partial charge is 0.0534 e. The number of aryl methyl sites for hydroxylation is 1. The van der Waals surface area contributed by atoms with Gasteiger partial charge < -0.3 is 5.73 Å². The Morgan fingerprint density at radius 1 is 1.29 bits per heavy atom. The van der Waals surface area contributed by atoms with Crippen molar-refractivity contribution in [2.75, 3.05) is 19.6 Å². The second-order valence-corrected chi connectivity index (χ2v) is 4.42. The van der Waals surface area contributed by atoms with Crippen molar-refractivity contribution >= 4 is 0 Å². The molecule has 0 atom stereocenters. The lowest BCUT2D eigenvalue weighted by atomic mass is 10.2. The predicted molar refractivity (Wildman–Crippen MR) is 71.8 cm³/mol. The average molecular weight is 238 g/mol. The van der Waals surface area contributed by atoms with Crippen LogP contribution in [0, 0.1) is 0 Å². The zero-order chi connectivity index (χ0) is 12.5. The number of nitrogens with zero attached hydrogens (tertiary/aromatic N) is 3. The molecular weight excluding hydrogens is 212 g/mol. The molecule has 1 rings (SSSR count). The third kappa shape index (κ3) is 5.33. The van der Waals surface area contributed by atoms with Crippen molar-refractivity contribution in [3.05, 3.63) is 18.0 Å². The Hall–Kier alpha value is -0.870. The molecule has 0 aliphatic carbocycles.